The molecule has 2 fully saturated rings. The van der Waals surface area contributed by atoms with E-state index in [0.29, 0.717) is 12.1 Å². The maximum absolute atomic E-state index is 11.9. The van der Waals surface area contributed by atoms with E-state index in [4.69, 9.17) is 4.74 Å². The first-order valence-electron chi connectivity index (χ1n) is 8.09. The van der Waals surface area contributed by atoms with Gasteiger partial charge in [-0.1, -0.05) is 6.92 Å². The number of ether oxygens (including phenoxy) is 1. The van der Waals surface area contributed by atoms with Gasteiger partial charge in [0.2, 0.25) is 0 Å². The average Bonchev–Trinajstić information content (AvgIpc) is 2.87. The normalized spacial score (nSPS) is 34.2. The molecule has 0 aromatic rings. The lowest BCUT2D eigenvalue weighted by Gasteiger charge is -2.27. The molecule has 2 N–H and O–H groups in total. The molecule has 2 rings (SSSR count). The molecular weight excluding hydrogens is 252 g/mol. The molecule has 0 saturated heterocycles. The molecule has 4 nitrogen and oxygen atoms in total. The van der Waals surface area contributed by atoms with Gasteiger partial charge in [-0.2, -0.15) is 0 Å². The van der Waals surface area contributed by atoms with E-state index in [-0.39, 0.29) is 12.1 Å². The Morgan fingerprint density at radius 3 is 2.40 bits per heavy atom. The Bertz CT molecular complexity index is 338. The maximum atomic E-state index is 11.9. The highest BCUT2D eigenvalue weighted by molar-refractivity contribution is 5.68. The van der Waals surface area contributed by atoms with Crippen molar-refractivity contribution in [2.75, 3.05) is 0 Å². The smallest absolute Gasteiger partial charge is 0.407 e. The van der Waals surface area contributed by atoms with Crippen LogP contribution in [0.1, 0.15) is 66.2 Å². The van der Waals surface area contributed by atoms with Gasteiger partial charge < -0.3 is 15.4 Å². The van der Waals surface area contributed by atoms with E-state index >= 15 is 0 Å². The molecule has 2 aliphatic rings. The van der Waals surface area contributed by atoms with Crippen LogP contribution in [0.3, 0.4) is 0 Å². The average molecular weight is 282 g/mol. The zero-order valence-electron chi connectivity index (χ0n) is 13.4. The van der Waals surface area contributed by atoms with E-state index in [1.54, 1.807) is 0 Å². The van der Waals surface area contributed by atoms with Crippen LogP contribution in [0.25, 0.3) is 0 Å². The highest BCUT2D eigenvalue weighted by atomic mass is 16.6. The number of carbonyl (C=O) groups is 1. The van der Waals surface area contributed by atoms with Crippen molar-refractivity contribution in [3.05, 3.63) is 0 Å². The summed E-state index contributed by atoms with van der Waals surface area (Å²) in [5.41, 5.74) is -0.424. The molecule has 4 atom stereocenters. The van der Waals surface area contributed by atoms with E-state index in [9.17, 15) is 4.79 Å². The molecule has 116 valence electrons. The van der Waals surface area contributed by atoms with Gasteiger partial charge in [0.25, 0.3) is 0 Å². The number of carbonyl (C=O) groups excluding carboxylic acids is 1. The summed E-state index contributed by atoms with van der Waals surface area (Å²) >= 11 is 0. The molecule has 0 bridgehead atoms. The van der Waals surface area contributed by atoms with Crippen molar-refractivity contribution in [2.24, 2.45) is 5.92 Å². The number of amides is 1. The van der Waals surface area contributed by atoms with E-state index in [1.807, 2.05) is 20.8 Å². The van der Waals surface area contributed by atoms with Crippen LogP contribution >= 0.6 is 0 Å². The Balaban J connectivity index is 1.80. The van der Waals surface area contributed by atoms with Gasteiger partial charge in [0, 0.05) is 18.1 Å². The summed E-state index contributed by atoms with van der Waals surface area (Å²) in [5.74, 6) is 0.839. The first kappa shape index (κ1) is 15.6. The molecule has 0 aromatic carbocycles. The van der Waals surface area contributed by atoms with Crippen molar-refractivity contribution in [1.29, 1.82) is 0 Å². The molecular formula is C16H30N2O2. The van der Waals surface area contributed by atoms with E-state index in [2.05, 4.69) is 17.6 Å². The number of hydrogen-bond donors (Lipinski definition) is 2. The van der Waals surface area contributed by atoms with Crippen molar-refractivity contribution in [3.63, 3.8) is 0 Å². The number of hydrogen-bond acceptors (Lipinski definition) is 3. The van der Waals surface area contributed by atoms with Gasteiger partial charge in [-0.3, -0.25) is 0 Å². The van der Waals surface area contributed by atoms with Crippen LogP contribution in [-0.2, 0) is 4.74 Å². The molecule has 0 radical (unpaired) electrons. The first-order chi connectivity index (χ1) is 9.33. The van der Waals surface area contributed by atoms with Crippen molar-refractivity contribution in [2.45, 2.75) is 89.9 Å². The molecule has 4 unspecified atom stereocenters. The van der Waals surface area contributed by atoms with Crippen LogP contribution < -0.4 is 10.6 Å². The van der Waals surface area contributed by atoms with Gasteiger partial charge in [-0.25, -0.2) is 4.79 Å². The first-order valence-corrected chi connectivity index (χ1v) is 8.09. The Morgan fingerprint density at radius 1 is 1.10 bits per heavy atom. The minimum absolute atomic E-state index is 0.223. The molecule has 20 heavy (non-hydrogen) atoms. The SMILES string of the molecule is CC1CCC(NC2CCCC2NC(=O)OC(C)(C)C)C1. The zero-order chi connectivity index (χ0) is 14.8. The molecule has 2 aliphatic carbocycles. The fourth-order valence-corrected chi connectivity index (χ4v) is 3.45. The molecule has 4 heteroatoms. The van der Waals surface area contributed by atoms with Gasteiger partial charge in [0.05, 0.1) is 0 Å². The Kier molecular flexibility index (Phi) is 4.95. The van der Waals surface area contributed by atoms with Crippen molar-refractivity contribution < 1.29 is 9.53 Å². The van der Waals surface area contributed by atoms with E-state index in [0.717, 1.165) is 18.8 Å². The molecule has 0 aromatic heterocycles. The van der Waals surface area contributed by atoms with Crippen molar-refractivity contribution >= 4 is 6.09 Å². The van der Waals surface area contributed by atoms with Gasteiger partial charge in [0.1, 0.15) is 5.60 Å². The summed E-state index contributed by atoms with van der Waals surface area (Å²) in [7, 11) is 0. The largest absolute Gasteiger partial charge is 0.444 e. The van der Waals surface area contributed by atoms with Crippen LogP contribution in [-0.4, -0.2) is 29.8 Å². The van der Waals surface area contributed by atoms with E-state index < -0.39 is 5.60 Å². The summed E-state index contributed by atoms with van der Waals surface area (Å²) in [6.07, 6.45) is 6.99. The lowest BCUT2D eigenvalue weighted by atomic mass is 10.1. The Hall–Kier alpha value is -0.770. The predicted octanol–water partition coefficient (Wildman–Crippen LogP) is 3.21. The molecule has 1 amide bonds. The third kappa shape index (κ3) is 4.65. The van der Waals surface area contributed by atoms with E-state index in [1.165, 1.54) is 25.7 Å². The second-order valence-corrected chi connectivity index (χ2v) is 7.57. The minimum Gasteiger partial charge on any atom is -0.444 e. The molecule has 0 heterocycles. The summed E-state index contributed by atoms with van der Waals surface area (Å²) in [4.78, 5) is 11.9. The zero-order valence-corrected chi connectivity index (χ0v) is 13.4. The summed E-state index contributed by atoms with van der Waals surface area (Å²) in [6, 6.07) is 1.27. The lowest BCUT2D eigenvalue weighted by Crippen LogP contribution is -2.50. The van der Waals surface area contributed by atoms with Crippen molar-refractivity contribution in [3.8, 4) is 0 Å². The lowest BCUT2D eigenvalue weighted by molar-refractivity contribution is 0.0497. The summed E-state index contributed by atoms with van der Waals surface area (Å²) in [6.45, 7) is 8.03. The van der Waals surface area contributed by atoms with Gasteiger partial charge in [-0.15, -0.1) is 0 Å². The standard InChI is InChI=1S/C16H30N2O2/c1-11-8-9-12(10-11)17-13-6-5-7-14(13)18-15(19)20-16(2,3)4/h11-14,17H,5-10H2,1-4H3,(H,18,19). The summed E-state index contributed by atoms with van der Waals surface area (Å²) in [5, 5.41) is 6.80. The number of nitrogens with one attached hydrogen (secondary N) is 2. The van der Waals surface area contributed by atoms with Gasteiger partial charge in [0.15, 0.2) is 0 Å². The molecule has 2 saturated carbocycles. The van der Waals surface area contributed by atoms with Crippen LogP contribution in [0.5, 0.6) is 0 Å². The quantitative estimate of drug-likeness (QED) is 0.835. The predicted molar refractivity (Wildman–Crippen MR) is 80.7 cm³/mol. The topological polar surface area (TPSA) is 50.4 Å². The van der Waals surface area contributed by atoms with Crippen LogP contribution in [0.4, 0.5) is 4.79 Å². The highest BCUT2D eigenvalue weighted by Gasteiger charge is 2.33. The second-order valence-electron chi connectivity index (χ2n) is 7.57. The number of alkyl carbamates (subject to hydrolysis) is 1. The third-order valence-electron chi connectivity index (χ3n) is 4.36. The van der Waals surface area contributed by atoms with Gasteiger partial charge >= 0.3 is 6.09 Å². The highest BCUT2D eigenvalue weighted by Crippen LogP contribution is 2.28. The van der Waals surface area contributed by atoms with Crippen LogP contribution in [0.2, 0.25) is 0 Å². The third-order valence-corrected chi connectivity index (χ3v) is 4.36. The fourth-order valence-electron chi connectivity index (χ4n) is 3.45. The summed E-state index contributed by atoms with van der Waals surface area (Å²) < 4.78 is 5.36. The van der Waals surface area contributed by atoms with Crippen molar-refractivity contribution in [1.82, 2.24) is 10.6 Å². The Labute approximate surface area is 123 Å². The maximum Gasteiger partial charge on any atom is 0.407 e. The second kappa shape index (κ2) is 6.33. The van der Waals surface area contributed by atoms with Crippen LogP contribution in [0, 0.1) is 5.92 Å². The monoisotopic (exact) mass is 282 g/mol. The van der Waals surface area contributed by atoms with Crippen LogP contribution in [0.15, 0.2) is 0 Å². The molecule has 0 spiro atoms. The number of rotatable bonds is 3. The Morgan fingerprint density at radius 2 is 1.80 bits per heavy atom. The molecule has 0 aliphatic heterocycles. The van der Waals surface area contributed by atoms with Gasteiger partial charge in [-0.05, 0) is 65.2 Å². The minimum atomic E-state index is -0.424. The fraction of sp³-hybridized carbons (Fsp3) is 0.938.